The van der Waals surface area contributed by atoms with Gasteiger partial charge in [-0.05, 0) is 12.1 Å². The third-order valence-corrected chi connectivity index (χ3v) is 3.58. The standard InChI is InChI=1S/C15H19N3O/c1-3-16-13(15-17-8-9-18(15)2)12-6-4-5-11-7-10-19-14(11)12/h4-6,8-9,13,16H,3,7,10H2,1-2H3. The average Bonchev–Trinajstić information content (AvgIpc) is 3.04. The molecule has 1 unspecified atom stereocenters. The van der Waals surface area contributed by atoms with Crippen molar-refractivity contribution in [3.63, 3.8) is 0 Å². The molecule has 19 heavy (non-hydrogen) atoms. The number of ether oxygens (including phenoxy) is 1. The fourth-order valence-corrected chi connectivity index (χ4v) is 2.67. The van der Waals surface area contributed by atoms with E-state index in [1.807, 2.05) is 19.4 Å². The van der Waals surface area contributed by atoms with Crippen LogP contribution in [0.2, 0.25) is 0 Å². The minimum Gasteiger partial charge on any atom is -0.493 e. The highest BCUT2D eigenvalue weighted by atomic mass is 16.5. The molecule has 1 atom stereocenters. The van der Waals surface area contributed by atoms with Gasteiger partial charge in [-0.3, -0.25) is 0 Å². The average molecular weight is 257 g/mol. The zero-order chi connectivity index (χ0) is 13.2. The largest absolute Gasteiger partial charge is 0.493 e. The van der Waals surface area contributed by atoms with Gasteiger partial charge in [0.25, 0.3) is 0 Å². The molecule has 0 fully saturated rings. The second-order valence-corrected chi connectivity index (χ2v) is 4.82. The van der Waals surface area contributed by atoms with Crippen molar-refractivity contribution >= 4 is 0 Å². The number of aromatic nitrogens is 2. The summed E-state index contributed by atoms with van der Waals surface area (Å²) in [6.45, 7) is 3.78. The fraction of sp³-hybridized carbons (Fsp3) is 0.400. The van der Waals surface area contributed by atoms with Crippen LogP contribution in [-0.2, 0) is 13.5 Å². The molecule has 2 aromatic rings. The van der Waals surface area contributed by atoms with Crippen LogP contribution in [0.1, 0.15) is 29.9 Å². The van der Waals surface area contributed by atoms with Crippen LogP contribution in [0.15, 0.2) is 30.6 Å². The van der Waals surface area contributed by atoms with Crippen molar-refractivity contribution in [1.29, 1.82) is 0 Å². The predicted molar refractivity (Wildman–Crippen MR) is 74.4 cm³/mol. The maximum atomic E-state index is 5.82. The van der Waals surface area contributed by atoms with E-state index in [1.165, 1.54) is 11.1 Å². The lowest BCUT2D eigenvalue weighted by atomic mass is 10.0. The lowest BCUT2D eigenvalue weighted by molar-refractivity contribution is 0.349. The third-order valence-electron chi connectivity index (χ3n) is 3.58. The molecular weight excluding hydrogens is 238 g/mol. The van der Waals surface area contributed by atoms with E-state index in [-0.39, 0.29) is 6.04 Å². The molecule has 0 spiro atoms. The summed E-state index contributed by atoms with van der Waals surface area (Å²) in [5.74, 6) is 2.06. The van der Waals surface area contributed by atoms with Crippen molar-refractivity contribution in [2.75, 3.05) is 13.2 Å². The van der Waals surface area contributed by atoms with Crippen LogP contribution in [0.3, 0.4) is 0 Å². The molecule has 1 aliphatic heterocycles. The van der Waals surface area contributed by atoms with E-state index < -0.39 is 0 Å². The van der Waals surface area contributed by atoms with E-state index in [1.54, 1.807) is 0 Å². The number of rotatable bonds is 4. The van der Waals surface area contributed by atoms with Crippen molar-refractivity contribution < 1.29 is 4.74 Å². The van der Waals surface area contributed by atoms with Gasteiger partial charge in [-0.1, -0.05) is 25.1 Å². The first-order valence-corrected chi connectivity index (χ1v) is 6.76. The van der Waals surface area contributed by atoms with Gasteiger partial charge in [0.05, 0.1) is 12.6 Å². The minimum atomic E-state index is 0.0815. The number of fused-ring (bicyclic) bond motifs is 1. The molecule has 2 heterocycles. The molecule has 0 radical (unpaired) electrons. The summed E-state index contributed by atoms with van der Waals surface area (Å²) in [7, 11) is 2.02. The Bertz CT molecular complexity index is 577. The minimum absolute atomic E-state index is 0.0815. The lowest BCUT2D eigenvalue weighted by Gasteiger charge is -2.20. The third kappa shape index (κ3) is 2.12. The second-order valence-electron chi connectivity index (χ2n) is 4.82. The first-order valence-electron chi connectivity index (χ1n) is 6.76. The summed E-state index contributed by atoms with van der Waals surface area (Å²) in [5.41, 5.74) is 2.49. The Morgan fingerprint density at radius 3 is 3.11 bits per heavy atom. The number of benzene rings is 1. The van der Waals surface area contributed by atoms with E-state index in [9.17, 15) is 0 Å². The molecule has 100 valence electrons. The molecule has 1 aromatic carbocycles. The molecule has 0 aliphatic carbocycles. The molecule has 0 bridgehead atoms. The quantitative estimate of drug-likeness (QED) is 0.911. The van der Waals surface area contributed by atoms with Crippen LogP contribution in [0, 0.1) is 0 Å². The van der Waals surface area contributed by atoms with Gasteiger partial charge in [0.1, 0.15) is 11.6 Å². The van der Waals surface area contributed by atoms with Crippen LogP contribution in [0.5, 0.6) is 5.75 Å². The van der Waals surface area contributed by atoms with E-state index in [0.29, 0.717) is 0 Å². The van der Waals surface area contributed by atoms with Crippen molar-refractivity contribution in [2.45, 2.75) is 19.4 Å². The highest BCUT2D eigenvalue weighted by Crippen LogP contribution is 2.35. The van der Waals surface area contributed by atoms with Gasteiger partial charge in [0, 0.05) is 31.4 Å². The summed E-state index contributed by atoms with van der Waals surface area (Å²) in [6, 6.07) is 6.47. The number of hydrogen-bond donors (Lipinski definition) is 1. The first-order chi connectivity index (χ1) is 9.31. The van der Waals surface area contributed by atoms with E-state index in [4.69, 9.17) is 4.74 Å². The Balaban J connectivity index is 2.06. The van der Waals surface area contributed by atoms with Gasteiger partial charge < -0.3 is 14.6 Å². The number of hydrogen-bond acceptors (Lipinski definition) is 3. The molecule has 4 heteroatoms. The van der Waals surface area contributed by atoms with Gasteiger partial charge in [-0.25, -0.2) is 4.98 Å². The van der Waals surface area contributed by atoms with Crippen LogP contribution < -0.4 is 10.1 Å². The Morgan fingerprint density at radius 2 is 2.37 bits per heavy atom. The van der Waals surface area contributed by atoms with E-state index in [0.717, 1.165) is 31.1 Å². The Kier molecular flexibility index (Phi) is 3.25. The molecule has 0 amide bonds. The van der Waals surface area contributed by atoms with Crippen LogP contribution in [0.25, 0.3) is 0 Å². The maximum absolute atomic E-state index is 5.82. The Hall–Kier alpha value is -1.81. The highest BCUT2D eigenvalue weighted by Gasteiger charge is 2.25. The number of para-hydroxylation sites is 1. The SMILES string of the molecule is CCNC(c1cccc2c1OCC2)c1nccn1C. The number of nitrogens with one attached hydrogen (secondary N) is 1. The van der Waals surface area contributed by atoms with Crippen molar-refractivity contribution in [3.05, 3.63) is 47.5 Å². The lowest BCUT2D eigenvalue weighted by Crippen LogP contribution is -2.25. The molecule has 0 saturated carbocycles. The van der Waals surface area contributed by atoms with Gasteiger partial charge >= 0.3 is 0 Å². The molecule has 0 saturated heterocycles. The normalized spacial score (nSPS) is 15.1. The number of aryl methyl sites for hydroxylation is 1. The molecule has 1 aromatic heterocycles. The second kappa shape index (κ2) is 5.05. The van der Waals surface area contributed by atoms with Gasteiger partial charge in [0.15, 0.2) is 0 Å². The monoisotopic (exact) mass is 257 g/mol. The topological polar surface area (TPSA) is 39.1 Å². The molecule has 1 N–H and O–H groups in total. The Morgan fingerprint density at radius 1 is 1.47 bits per heavy atom. The van der Waals surface area contributed by atoms with Crippen molar-refractivity contribution in [3.8, 4) is 5.75 Å². The molecule has 4 nitrogen and oxygen atoms in total. The first kappa shape index (κ1) is 12.2. The zero-order valence-corrected chi connectivity index (χ0v) is 11.4. The maximum Gasteiger partial charge on any atom is 0.130 e. The fourth-order valence-electron chi connectivity index (χ4n) is 2.67. The van der Waals surface area contributed by atoms with Gasteiger partial charge in [-0.2, -0.15) is 0 Å². The predicted octanol–water partition coefficient (Wildman–Crippen LogP) is 2.05. The van der Waals surface area contributed by atoms with Crippen LogP contribution in [0.4, 0.5) is 0 Å². The number of nitrogens with zero attached hydrogens (tertiary/aromatic N) is 2. The van der Waals surface area contributed by atoms with Crippen molar-refractivity contribution in [1.82, 2.24) is 14.9 Å². The van der Waals surface area contributed by atoms with E-state index in [2.05, 4.69) is 40.0 Å². The summed E-state index contributed by atoms with van der Waals surface area (Å²) in [5, 5.41) is 3.51. The van der Waals surface area contributed by atoms with E-state index >= 15 is 0 Å². The number of imidazole rings is 1. The summed E-state index contributed by atoms with van der Waals surface area (Å²) in [6.07, 6.45) is 4.82. The smallest absolute Gasteiger partial charge is 0.130 e. The summed E-state index contributed by atoms with van der Waals surface area (Å²) >= 11 is 0. The highest BCUT2D eigenvalue weighted by molar-refractivity contribution is 5.47. The zero-order valence-electron chi connectivity index (χ0n) is 11.4. The van der Waals surface area contributed by atoms with Crippen molar-refractivity contribution in [2.24, 2.45) is 7.05 Å². The molecule has 1 aliphatic rings. The molecular formula is C15H19N3O. The Labute approximate surface area is 113 Å². The summed E-state index contributed by atoms with van der Waals surface area (Å²) in [4.78, 5) is 4.48. The van der Waals surface area contributed by atoms with Gasteiger partial charge in [0.2, 0.25) is 0 Å². The van der Waals surface area contributed by atoms with Gasteiger partial charge in [-0.15, -0.1) is 0 Å². The molecule has 3 rings (SSSR count). The van der Waals surface area contributed by atoms with Crippen LogP contribution in [-0.4, -0.2) is 22.7 Å². The van der Waals surface area contributed by atoms with Crippen LogP contribution >= 0.6 is 0 Å². The summed E-state index contributed by atoms with van der Waals surface area (Å²) < 4.78 is 7.87.